The number of carboxylic acid groups (broad SMARTS) is 1. The summed E-state index contributed by atoms with van der Waals surface area (Å²) in [5, 5.41) is 9.99. The van der Waals surface area contributed by atoms with Crippen molar-refractivity contribution in [2.24, 2.45) is 0 Å². The Hall–Kier alpha value is -2.92. The monoisotopic (exact) mass is 354 g/mol. The molecule has 0 bridgehead atoms. The Morgan fingerprint density at radius 2 is 1.84 bits per heavy atom. The van der Waals surface area contributed by atoms with Gasteiger partial charge in [0.25, 0.3) is 5.56 Å². The number of aromatic nitrogens is 2. The summed E-state index contributed by atoms with van der Waals surface area (Å²) in [6.45, 7) is 0.0498. The number of benzene rings is 2. The number of hydrogen-bond acceptors (Lipinski definition) is 3. The zero-order valence-electron chi connectivity index (χ0n) is 13.2. The van der Waals surface area contributed by atoms with Gasteiger partial charge in [-0.2, -0.15) is 0 Å². The number of hydrogen-bond donors (Lipinski definition) is 1. The van der Waals surface area contributed by atoms with E-state index in [1.165, 1.54) is 4.57 Å². The molecule has 0 atom stereocenters. The third kappa shape index (κ3) is 3.78. The maximum Gasteiger partial charge on any atom is 0.305 e. The van der Waals surface area contributed by atoms with Crippen LogP contribution in [0.25, 0.3) is 23.1 Å². The Morgan fingerprint density at radius 1 is 1.12 bits per heavy atom. The number of nitrogens with zero attached hydrogens (tertiary/aromatic N) is 2. The average molecular weight is 355 g/mol. The second-order valence-electron chi connectivity index (χ2n) is 5.44. The highest BCUT2D eigenvalue weighted by atomic mass is 35.5. The lowest BCUT2D eigenvalue weighted by molar-refractivity contribution is -0.137. The molecule has 0 spiro atoms. The first-order chi connectivity index (χ1) is 12.1. The fourth-order valence-corrected chi connectivity index (χ4v) is 2.71. The Labute approximate surface area is 148 Å². The summed E-state index contributed by atoms with van der Waals surface area (Å²) in [6.07, 6.45) is 3.28. The molecule has 5 nitrogen and oxygen atoms in total. The van der Waals surface area contributed by atoms with Crippen LogP contribution in [0.1, 0.15) is 17.8 Å². The molecule has 1 heterocycles. The van der Waals surface area contributed by atoms with Crippen molar-refractivity contribution < 1.29 is 9.90 Å². The van der Waals surface area contributed by atoms with E-state index in [-0.39, 0.29) is 18.5 Å². The number of halogens is 1. The van der Waals surface area contributed by atoms with Crippen LogP contribution in [0.4, 0.5) is 0 Å². The van der Waals surface area contributed by atoms with Gasteiger partial charge in [0.05, 0.1) is 17.3 Å². The van der Waals surface area contributed by atoms with Gasteiger partial charge in [0.2, 0.25) is 0 Å². The first-order valence-corrected chi connectivity index (χ1v) is 8.08. The molecule has 1 N–H and O–H groups in total. The number of fused-ring (bicyclic) bond motifs is 1. The maximum absolute atomic E-state index is 12.7. The van der Waals surface area contributed by atoms with E-state index in [1.54, 1.807) is 42.5 Å². The summed E-state index contributed by atoms with van der Waals surface area (Å²) >= 11 is 6.14. The summed E-state index contributed by atoms with van der Waals surface area (Å²) in [6, 6.07) is 14.3. The Bertz CT molecular complexity index is 1020. The lowest BCUT2D eigenvalue weighted by Gasteiger charge is -2.10. The molecule has 0 saturated carbocycles. The molecular weight excluding hydrogens is 340 g/mol. The SMILES string of the molecule is O=C(O)CCn1c(C=Cc2ccccc2Cl)nc2ccccc2c1=O. The van der Waals surface area contributed by atoms with Crippen molar-refractivity contribution in [3.05, 3.63) is 75.3 Å². The van der Waals surface area contributed by atoms with Gasteiger partial charge in [0.15, 0.2) is 0 Å². The second kappa shape index (κ2) is 7.32. The van der Waals surface area contributed by atoms with E-state index in [0.717, 1.165) is 5.56 Å². The van der Waals surface area contributed by atoms with Gasteiger partial charge < -0.3 is 5.11 Å². The molecule has 0 unspecified atom stereocenters. The molecular formula is C19H15ClN2O3. The van der Waals surface area contributed by atoms with Gasteiger partial charge in [-0.15, -0.1) is 0 Å². The highest BCUT2D eigenvalue weighted by Gasteiger charge is 2.10. The number of rotatable bonds is 5. The second-order valence-corrected chi connectivity index (χ2v) is 5.85. The molecule has 25 heavy (non-hydrogen) atoms. The highest BCUT2D eigenvalue weighted by molar-refractivity contribution is 6.32. The van der Waals surface area contributed by atoms with Crippen LogP contribution < -0.4 is 5.56 Å². The quantitative estimate of drug-likeness (QED) is 0.758. The zero-order chi connectivity index (χ0) is 17.8. The molecule has 0 fully saturated rings. The van der Waals surface area contributed by atoms with E-state index in [4.69, 9.17) is 16.7 Å². The number of para-hydroxylation sites is 1. The molecule has 0 radical (unpaired) electrons. The molecule has 1 aromatic heterocycles. The summed E-state index contributed by atoms with van der Waals surface area (Å²) < 4.78 is 1.38. The largest absolute Gasteiger partial charge is 0.481 e. The van der Waals surface area contributed by atoms with Gasteiger partial charge in [-0.25, -0.2) is 4.98 Å². The Morgan fingerprint density at radius 3 is 2.60 bits per heavy atom. The third-order valence-electron chi connectivity index (χ3n) is 3.76. The van der Waals surface area contributed by atoms with E-state index in [1.807, 2.05) is 18.2 Å². The molecule has 0 aliphatic rings. The van der Waals surface area contributed by atoms with E-state index in [0.29, 0.717) is 21.7 Å². The van der Waals surface area contributed by atoms with Crippen LogP contribution in [-0.2, 0) is 11.3 Å². The molecule has 3 aromatic rings. The molecule has 0 saturated heterocycles. The summed E-state index contributed by atoms with van der Waals surface area (Å²) in [5.41, 5.74) is 1.10. The van der Waals surface area contributed by atoms with Crippen molar-refractivity contribution in [1.29, 1.82) is 0 Å². The van der Waals surface area contributed by atoms with Crippen molar-refractivity contribution in [2.75, 3.05) is 0 Å². The van der Waals surface area contributed by atoms with Crippen LogP contribution in [-0.4, -0.2) is 20.6 Å². The first-order valence-electron chi connectivity index (χ1n) is 7.70. The number of carbonyl (C=O) groups is 1. The van der Waals surface area contributed by atoms with E-state index in [2.05, 4.69) is 4.98 Å². The summed E-state index contributed by atoms with van der Waals surface area (Å²) in [5.74, 6) is -0.578. The standard InChI is InChI=1S/C19H15ClN2O3/c20-15-7-3-1-5-13(15)9-10-17-21-16-8-4-2-6-14(16)19(25)22(17)12-11-18(23)24/h1-10H,11-12H2,(H,23,24). The molecule has 0 aliphatic carbocycles. The average Bonchev–Trinajstić information content (AvgIpc) is 2.60. The highest BCUT2D eigenvalue weighted by Crippen LogP contribution is 2.18. The zero-order valence-corrected chi connectivity index (χ0v) is 14.0. The molecule has 6 heteroatoms. The Balaban J connectivity index is 2.11. The minimum absolute atomic E-state index is 0.0498. The molecule has 0 aliphatic heterocycles. The molecule has 2 aromatic carbocycles. The summed E-state index contributed by atoms with van der Waals surface area (Å²) in [7, 11) is 0. The number of carboxylic acids is 1. The fraction of sp³-hybridized carbons (Fsp3) is 0.105. The smallest absolute Gasteiger partial charge is 0.305 e. The minimum Gasteiger partial charge on any atom is -0.481 e. The molecule has 3 rings (SSSR count). The van der Waals surface area contributed by atoms with Crippen LogP contribution >= 0.6 is 11.6 Å². The lowest BCUT2D eigenvalue weighted by Crippen LogP contribution is -2.25. The lowest BCUT2D eigenvalue weighted by atomic mass is 10.2. The predicted molar refractivity (Wildman–Crippen MR) is 98.6 cm³/mol. The van der Waals surface area contributed by atoms with E-state index < -0.39 is 5.97 Å². The van der Waals surface area contributed by atoms with Gasteiger partial charge in [0, 0.05) is 11.6 Å². The van der Waals surface area contributed by atoms with Crippen LogP contribution in [0.3, 0.4) is 0 Å². The topological polar surface area (TPSA) is 72.2 Å². The van der Waals surface area contributed by atoms with Crippen LogP contribution in [0.5, 0.6) is 0 Å². The van der Waals surface area contributed by atoms with Crippen LogP contribution in [0, 0.1) is 0 Å². The number of aliphatic carboxylic acids is 1. The Kier molecular flexibility index (Phi) is 4.95. The van der Waals surface area contributed by atoms with Gasteiger partial charge in [-0.05, 0) is 35.9 Å². The first kappa shape index (κ1) is 16.9. The van der Waals surface area contributed by atoms with Crippen LogP contribution in [0.2, 0.25) is 5.02 Å². The summed E-state index contributed by atoms with van der Waals surface area (Å²) in [4.78, 5) is 28.1. The van der Waals surface area contributed by atoms with Crippen molar-refractivity contribution in [1.82, 2.24) is 9.55 Å². The maximum atomic E-state index is 12.7. The molecule has 126 valence electrons. The minimum atomic E-state index is -0.971. The van der Waals surface area contributed by atoms with Crippen molar-refractivity contribution >= 4 is 40.6 Å². The van der Waals surface area contributed by atoms with Crippen molar-refractivity contribution in [2.45, 2.75) is 13.0 Å². The fourth-order valence-electron chi connectivity index (χ4n) is 2.51. The van der Waals surface area contributed by atoms with Gasteiger partial charge in [-0.3, -0.25) is 14.2 Å². The van der Waals surface area contributed by atoms with Crippen LogP contribution in [0.15, 0.2) is 53.3 Å². The third-order valence-corrected chi connectivity index (χ3v) is 4.10. The normalized spacial score (nSPS) is 11.2. The van der Waals surface area contributed by atoms with Crippen molar-refractivity contribution in [3.63, 3.8) is 0 Å². The van der Waals surface area contributed by atoms with E-state index >= 15 is 0 Å². The van der Waals surface area contributed by atoms with E-state index in [9.17, 15) is 9.59 Å². The molecule has 0 amide bonds. The van der Waals surface area contributed by atoms with Gasteiger partial charge in [0.1, 0.15) is 5.82 Å². The van der Waals surface area contributed by atoms with Crippen molar-refractivity contribution in [3.8, 4) is 0 Å². The van der Waals surface area contributed by atoms with Gasteiger partial charge in [-0.1, -0.05) is 41.9 Å². The van der Waals surface area contributed by atoms with Gasteiger partial charge >= 0.3 is 5.97 Å². The predicted octanol–water partition coefficient (Wildman–Crippen LogP) is 3.70.